The fourth-order valence-corrected chi connectivity index (χ4v) is 2.59. The van der Waals surface area contributed by atoms with Crippen LogP contribution in [0.1, 0.15) is 24.0 Å². The van der Waals surface area contributed by atoms with Crippen LogP contribution >= 0.6 is 15.9 Å². The van der Waals surface area contributed by atoms with Gasteiger partial charge in [-0.1, -0.05) is 6.07 Å². The van der Waals surface area contributed by atoms with Crippen LogP contribution in [0.3, 0.4) is 0 Å². The molecule has 0 saturated heterocycles. The summed E-state index contributed by atoms with van der Waals surface area (Å²) >= 11 is 3.54. The maximum Gasteiger partial charge on any atom is 0.136 e. The standard InChI is InChI=1S/C11H12BrNO/c12-9-6-8(11(13)2-3-11)5-7-1-4-14-10(7)9/h5-6H,1-4,13H2. The third-order valence-corrected chi connectivity index (χ3v) is 3.69. The predicted molar refractivity (Wildman–Crippen MR) is 58.4 cm³/mol. The van der Waals surface area contributed by atoms with Gasteiger partial charge in [0.1, 0.15) is 5.75 Å². The van der Waals surface area contributed by atoms with Gasteiger partial charge in [0, 0.05) is 12.0 Å². The summed E-state index contributed by atoms with van der Waals surface area (Å²) in [6, 6.07) is 4.32. The van der Waals surface area contributed by atoms with Crippen molar-refractivity contribution in [3.63, 3.8) is 0 Å². The van der Waals surface area contributed by atoms with Gasteiger partial charge >= 0.3 is 0 Å². The molecule has 2 nitrogen and oxygen atoms in total. The third kappa shape index (κ3) is 1.19. The quantitative estimate of drug-likeness (QED) is 0.834. The minimum absolute atomic E-state index is 0.0415. The Morgan fingerprint density at radius 1 is 1.36 bits per heavy atom. The second-order valence-corrected chi connectivity index (χ2v) is 5.06. The van der Waals surface area contributed by atoms with E-state index in [0.29, 0.717) is 0 Å². The van der Waals surface area contributed by atoms with Gasteiger partial charge in [-0.2, -0.15) is 0 Å². The van der Waals surface area contributed by atoms with Crippen molar-refractivity contribution in [2.75, 3.05) is 6.61 Å². The van der Waals surface area contributed by atoms with Crippen molar-refractivity contribution < 1.29 is 4.74 Å². The average Bonchev–Trinajstić information content (AvgIpc) is 2.75. The summed E-state index contributed by atoms with van der Waals surface area (Å²) in [4.78, 5) is 0. The van der Waals surface area contributed by atoms with Gasteiger partial charge in [-0.3, -0.25) is 0 Å². The molecule has 1 aromatic carbocycles. The smallest absolute Gasteiger partial charge is 0.136 e. The van der Waals surface area contributed by atoms with Crippen molar-refractivity contribution in [2.45, 2.75) is 24.8 Å². The zero-order valence-electron chi connectivity index (χ0n) is 7.85. The molecule has 2 aliphatic rings. The lowest BCUT2D eigenvalue weighted by molar-refractivity contribution is 0.355. The second kappa shape index (κ2) is 2.74. The molecule has 3 heteroatoms. The Kier molecular flexibility index (Phi) is 1.71. The van der Waals surface area contributed by atoms with E-state index < -0.39 is 0 Å². The number of nitrogens with two attached hydrogens (primary N) is 1. The van der Waals surface area contributed by atoms with Crippen molar-refractivity contribution in [1.82, 2.24) is 0 Å². The minimum Gasteiger partial charge on any atom is -0.492 e. The van der Waals surface area contributed by atoms with E-state index in [9.17, 15) is 0 Å². The molecule has 1 aliphatic carbocycles. The van der Waals surface area contributed by atoms with E-state index in [4.69, 9.17) is 10.5 Å². The highest BCUT2D eigenvalue weighted by molar-refractivity contribution is 9.10. The Bertz CT molecular complexity index is 399. The fourth-order valence-electron chi connectivity index (χ4n) is 1.97. The molecule has 0 spiro atoms. The average molecular weight is 254 g/mol. The molecular formula is C11H12BrNO. The van der Waals surface area contributed by atoms with Gasteiger partial charge in [0.25, 0.3) is 0 Å². The van der Waals surface area contributed by atoms with E-state index in [2.05, 4.69) is 28.1 Å². The van der Waals surface area contributed by atoms with Crippen LogP contribution in [0.4, 0.5) is 0 Å². The Morgan fingerprint density at radius 3 is 2.86 bits per heavy atom. The summed E-state index contributed by atoms with van der Waals surface area (Å²) in [5.41, 5.74) is 8.68. The summed E-state index contributed by atoms with van der Waals surface area (Å²) in [5.74, 6) is 1.01. The molecule has 1 fully saturated rings. The van der Waals surface area contributed by atoms with Gasteiger partial charge in [0.05, 0.1) is 11.1 Å². The highest BCUT2D eigenvalue weighted by Crippen LogP contribution is 2.46. The lowest BCUT2D eigenvalue weighted by atomic mass is 10.0. The lowest BCUT2D eigenvalue weighted by Crippen LogP contribution is -2.18. The number of benzene rings is 1. The summed E-state index contributed by atoms with van der Waals surface area (Å²) in [6.07, 6.45) is 3.23. The molecule has 2 N–H and O–H groups in total. The maximum absolute atomic E-state index is 6.17. The maximum atomic E-state index is 6.17. The molecule has 0 radical (unpaired) electrons. The first-order chi connectivity index (χ1) is 6.69. The molecule has 0 amide bonds. The van der Waals surface area contributed by atoms with E-state index >= 15 is 0 Å². The normalized spacial score (nSPS) is 21.6. The molecule has 1 aliphatic heterocycles. The van der Waals surface area contributed by atoms with Gasteiger partial charge in [0.15, 0.2) is 0 Å². The molecule has 0 bridgehead atoms. The molecule has 1 heterocycles. The highest BCUT2D eigenvalue weighted by Gasteiger charge is 2.40. The van der Waals surface area contributed by atoms with Crippen LogP contribution in [0.5, 0.6) is 5.75 Å². The van der Waals surface area contributed by atoms with Crippen LogP contribution in [0, 0.1) is 0 Å². The Hall–Kier alpha value is -0.540. The number of halogens is 1. The first-order valence-corrected chi connectivity index (χ1v) is 5.73. The lowest BCUT2D eigenvalue weighted by Gasteiger charge is -2.12. The first-order valence-electron chi connectivity index (χ1n) is 4.94. The van der Waals surface area contributed by atoms with Crippen molar-refractivity contribution in [1.29, 1.82) is 0 Å². The largest absolute Gasteiger partial charge is 0.492 e. The number of hydrogen-bond acceptors (Lipinski definition) is 2. The van der Waals surface area contributed by atoms with Gasteiger partial charge in [-0.15, -0.1) is 0 Å². The molecule has 1 saturated carbocycles. The van der Waals surface area contributed by atoms with Crippen molar-refractivity contribution >= 4 is 15.9 Å². The Balaban J connectivity index is 2.12. The molecule has 3 rings (SSSR count). The summed E-state index contributed by atoms with van der Waals surface area (Å²) in [6.45, 7) is 0.801. The number of rotatable bonds is 1. The first kappa shape index (κ1) is 8.74. The van der Waals surface area contributed by atoms with Gasteiger partial charge in [-0.05, 0) is 46.0 Å². The number of ether oxygens (including phenoxy) is 1. The summed E-state index contributed by atoms with van der Waals surface area (Å²) < 4.78 is 6.58. The highest BCUT2D eigenvalue weighted by atomic mass is 79.9. The minimum atomic E-state index is -0.0415. The molecule has 0 aromatic heterocycles. The molecule has 74 valence electrons. The van der Waals surface area contributed by atoms with Crippen molar-refractivity contribution in [3.05, 3.63) is 27.7 Å². The zero-order chi connectivity index (χ0) is 9.76. The summed E-state index contributed by atoms with van der Waals surface area (Å²) in [5, 5.41) is 0. The van der Waals surface area contributed by atoms with Gasteiger partial charge in [0.2, 0.25) is 0 Å². The van der Waals surface area contributed by atoms with Crippen molar-refractivity contribution in [3.8, 4) is 5.75 Å². The second-order valence-electron chi connectivity index (χ2n) is 4.20. The Labute approximate surface area is 91.6 Å². The third-order valence-electron chi connectivity index (χ3n) is 3.10. The molecule has 14 heavy (non-hydrogen) atoms. The van der Waals surface area contributed by atoms with E-state index in [0.717, 1.165) is 36.1 Å². The SMILES string of the molecule is NC1(c2cc(Br)c3c(c2)CCO3)CC1. The van der Waals surface area contributed by atoms with E-state index in [1.54, 1.807) is 0 Å². The van der Waals surface area contributed by atoms with Gasteiger partial charge < -0.3 is 10.5 Å². The van der Waals surface area contributed by atoms with Crippen molar-refractivity contribution in [2.24, 2.45) is 5.73 Å². The van der Waals surface area contributed by atoms with Gasteiger partial charge in [-0.25, -0.2) is 0 Å². The predicted octanol–water partition coefficient (Wildman–Crippen LogP) is 2.33. The number of fused-ring (bicyclic) bond motifs is 1. The van der Waals surface area contributed by atoms with Crippen LogP contribution in [-0.4, -0.2) is 6.61 Å². The molecule has 0 unspecified atom stereocenters. The molecule has 1 aromatic rings. The monoisotopic (exact) mass is 253 g/mol. The van der Waals surface area contributed by atoms with Crippen LogP contribution in [-0.2, 0) is 12.0 Å². The van der Waals surface area contributed by atoms with E-state index in [1.807, 2.05) is 0 Å². The number of hydrogen-bond donors (Lipinski definition) is 1. The van der Waals surface area contributed by atoms with Crippen LogP contribution in [0.25, 0.3) is 0 Å². The Morgan fingerprint density at radius 2 is 2.14 bits per heavy atom. The molecule has 0 atom stereocenters. The summed E-state index contributed by atoms with van der Waals surface area (Å²) in [7, 11) is 0. The molecular weight excluding hydrogens is 242 g/mol. The van der Waals surface area contributed by atoms with Crippen LogP contribution in [0.15, 0.2) is 16.6 Å². The van der Waals surface area contributed by atoms with E-state index in [1.165, 1.54) is 11.1 Å². The van der Waals surface area contributed by atoms with E-state index in [-0.39, 0.29) is 5.54 Å². The zero-order valence-corrected chi connectivity index (χ0v) is 9.43. The van der Waals surface area contributed by atoms with Crippen LogP contribution < -0.4 is 10.5 Å². The van der Waals surface area contributed by atoms with Crippen LogP contribution in [0.2, 0.25) is 0 Å². The fraction of sp³-hybridized carbons (Fsp3) is 0.455. The topological polar surface area (TPSA) is 35.2 Å².